The zero-order valence-electron chi connectivity index (χ0n) is 10.00. The van der Waals surface area contributed by atoms with Gasteiger partial charge in [-0.1, -0.05) is 57.3 Å². The number of hydrogen-bond acceptors (Lipinski definition) is 1. The Morgan fingerprint density at radius 3 is 2.67 bits per heavy atom. The molecule has 2 nitrogen and oxygen atoms in total. The Hall–Kier alpha value is 0.0439. The van der Waals surface area contributed by atoms with Crippen LogP contribution in [-0.4, -0.2) is 4.57 Å². The minimum absolute atomic E-state index is 0. The topological polar surface area (TPSA) is 22.0 Å². The molecule has 0 N–H and O–H groups in total. The smallest absolute Gasteiger partial charge is 0.197 e. The number of nitrogens with zero attached hydrogens (tertiary/aromatic N) is 1. The molecule has 0 fully saturated rings. The molecule has 2 rings (SSSR count). The third-order valence-corrected chi connectivity index (χ3v) is 3.48. The van der Waals surface area contributed by atoms with E-state index < -0.39 is 0 Å². The van der Waals surface area contributed by atoms with E-state index in [9.17, 15) is 4.79 Å². The van der Waals surface area contributed by atoms with Gasteiger partial charge in [-0.15, -0.1) is 6.07 Å². The fourth-order valence-corrected chi connectivity index (χ4v) is 2.51. The summed E-state index contributed by atoms with van der Waals surface area (Å²) in [7, 11) is 1.74. The van der Waals surface area contributed by atoms with Crippen LogP contribution >= 0.6 is 27.5 Å². The summed E-state index contributed by atoms with van der Waals surface area (Å²) in [5.74, 6) is 0. The van der Waals surface area contributed by atoms with Gasteiger partial charge in [0.05, 0.1) is 0 Å². The minimum atomic E-state index is -0.0133. The van der Waals surface area contributed by atoms with Crippen molar-refractivity contribution in [1.82, 2.24) is 4.57 Å². The average Bonchev–Trinajstić information content (AvgIpc) is 2.28. The van der Waals surface area contributed by atoms with E-state index in [1.165, 1.54) is 0 Å². The van der Waals surface area contributed by atoms with Crippen molar-refractivity contribution in [2.24, 2.45) is 7.05 Å². The molecule has 5 heteroatoms. The second-order valence-electron chi connectivity index (χ2n) is 3.81. The summed E-state index contributed by atoms with van der Waals surface area (Å²) in [5.41, 5.74) is 2.31. The van der Waals surface area contributed by atoms with Gasteiger partial charge in [-0.3, -0.25) is 4.79 Å². The monoisotopic (exact) mass is 399 g/mol. The van der Waals surface area contributed by atoms with Crippen LogP contribution in [0.25, 0.3) is 11.3 Å². The van der Waals surface area contributed by atoms with Crippen molar-refractivity contribution in [3.63, 3.8) is 0 Å². The first-order valence-electron chi connectivity index (χ1n) is 5.04. The minimum Gasteiger partial charge on any atom is -0.345 e. The summed E-state index contributed by atoms with van der Waals surface area (Å²) >= 11 is 9.33. The Bertz CT molecular complexity index is 639. The van der Waals surface area contributed by atoms with Crippen LogP contribution in [0.1, 0.15) is 5.56 Å². The number of halogens is 2. The number of benzene rings is 1. The summed E-state index contributed by atoms with van der Waals surface area (Å²) in [5, 5.41) is 0.651. The van der Waals surface area contributed by atoms with E-state index in [0.29, 0.717) is 10.6 Å². The van der Waals surface area contributed by atoms with Gasteiger partial charge in [0.15, 0.2) is 5.56 Å². The molecule has 0 aliphatic heterocycles. The van der Waals surface area contributed by atoms with E-state index in [0.717, 1.165) is 15.7 Å². The summed E-state index contributed by atoms with van der Waals surface area (Å²) < 4.78 is 2.43. The molecule has 2 aromatic rings. The van der Waals surface area contributed by atoms with Crippen molar-refractivity contribution in [3.8, 4) is 11.3 Å². The third-order valence-electron chi connectivity index (χ3n) is 2.59. The van der Waals surface area contributed by atoms with Crippen LogP contribution in [0.3, 0.4) is 0 Å². The molecule has 0 unspecified atom stereocenters. The van der Waals surface area contributed by atoms with Crippen LogP contribution in [0, 0.1) is 13.0 Å². The van der Waals surface area contributed by atoms with Gasteiger partial charge in [0.2, 0.25) is 0 Å². The summed E-state index contributed by atoms with van der Waals surface area (Å²) in [6, 6.07) is 10.3. The van der Waals surface area contributed by atoms with Crippen molar-refractivity contribution in [2.75, 3.05) is 0 Å². The zero-order valence-corrected chi connectivity index (χ0v) is 15.2. The van der Waals surface area contributed by atoms with E-state index in [1.54, 1.807) is 36.7 Å². The molecule has 0 spiro atoms. The standard InChI is InChI=1S/C13H10BrClNO.Y/c1-8-3-6-12(16(2)13(8)17)10-5-4-9(15)7-11(10)14;/h3-5,7H,1-2H3;/q-1;. The Balaban J connectivity index is 0.00000162. The number of aromatic nitrogens is 1. The molecule has 1 aromatic carbocycles. The van der Waals surface area contributed by atoms with Crippen molar-refractivity contribution in [1.29, 1.82) is 0 Å². The molecule has 0 saturated heterocycles. The maximum absolute atomic E-state index is 11.8. The number of rotatable bonds is 1. The van der Waals surface area contributed by atoms with Crippen LogP contribution in [0.5, 0.6) is 0 Å². The maximum Gasteiger partial charge on any atom is 0.197 e. The normalized spacial score (nSPS) is 10.0. The Morgan fingerprint density at radius 2 is 2.06 bits per heavy atom. The SMILES string of the molecule is Cc1c[c-]c(-c2ccc(Cl)cc2Br)n(C)c1=O.[Y]. The summed E-state index contributed by atoms with van der Waals surface area (Å²) in [6.07, 6.45) is 0. The first-order chi connectivity index (χ1) is 8.00. The Kier molecular flexibility index (Phi) is 5.79. The zero-order chi connectivity index (χ0) is 12.6. The summed E-state index contributed by atoms with van der Waals surface area (Å²) in [4.78, 5) is 11.8. The predicted molar refractivity (Wildman–Crippen MR) is 73.4 cm³/mol. The van der Waals surface area contributed by atoms with Gasteiger partial charge in [0.25, 0.3) is 0 Å². The quantitative estimate of drug-likeness (QED) is 0.671. The largest absolute Gasteiger partial charge is 0.345 e. The van der Waals surface area contributed by atoms with E-state index in [1.807, 2.05) is 6.07 Å². The van der Waals surface area contributed by atoms with Gasteiger partial charge in [-0.05, 0) is 10.5 Å². The fourth-order valence-electron chi connectivity index (χ4n) is 1.64. The van der Waals surface area contributed by atoms with Crippen molar-refractivity contribution in [3.05, 3.63) is 55.7 Å². The first-order valence-corrected chi connectivity index (χ1v) is 6.21. The van der Waals surface area contributed by atoms with Crippen molar-refractivity contribution < 1.29 is 32.7 Å². The van der Waals surface area contributed by atoms with E-state index >= 15 is 0 Å². The van der Waals surface area contributed by atoms with E-state index in [-0.39, 0.29) is 38.3 Å². The first kappa shape index (κ1) is 16.1. The van der Waals surface area contributed by atoms with Gasteiger partial charge < -0.3 is 4.57 Å². The fraction of sp³-hybridized carbons (Fsp3) is 0.154. The molecule has 0 amide bonds. The molecule has 18 heavy (non-hydrogen) atoms. The van der Waals surface area contributed by atoms with Gasteiger partial charge in [-0.2, -0.15) is 12.1 Å². The van der Waals surface area contributed by atoms with Gasteiger partial charge in [-0.25, -0.2) is 0 Å². The van der Waals surface area contributed by atoms with Gasteiger partial charge in [0, 0.05) is 44.8 Å². The Morgan fingerprint density at radius 1 is 1.39 bits per heavy atom. The molecule has 1 radical (unpaired) electrons. The predicted octanol–water partition coefficient (Wildman–Crippen LogP) is 3.57. The number of pyridine rings is 1. The molecular formula is C13H10BrClNOY-. The van der Waals surface area contributed by atoms with E-state index in [2.05, 4.69) is 22.0 Å². The van der Waals surface area contributed by atoms with Crippen LogP contribution < -0.4 is 5.56 Å². The van der Waals surface area contributed by atoms with Crippen LogP contribution in [-0.2, 0) is 39.8 Å². The summed E-state index contributed by atoms with van der Waals surface area (Å²) in [6.45, 7) is 1.78. The van der Waals surface area contributed by atoms with Crippen molar-refractivity contribution in [2.45, 2.75) is 6.92 Å². The second kappa shape index (κ2) is 6.47. The molecule has 0 aliphatic carbocycles. The molecule has 0 atom stereocenters. The second-order valence-corrected chi connectivity index (χ2v) is 5.10. The third kappa shape index (κ3) is 3.13. The molecular weight excluding hydrogens is 390 g/mol. The maximum atomic E-state index is 11.8. The number of hydrogen-bond donors (Lipinski definition) is 0. The molecule has 91 valence electrons. The van der Waals surface area contributed by atoms with Crippen LogP contribution in [0.2, 0.25) is 5.02 Å². The van der Waals surface area contributed by atoms with Crippen LogP contribution in [0.15, 0.2) is 33.5 Å². The molecule has 1 aromatic heterocycles. The molecule has 0 saturated carbocycles. The average molecular weight is 400 g/mol. The molecule has 0 aliphatic rings. The van der Waals surface area contributed by atoms with Gasteiger partial charge in [0.1, 0.15) is 0 Å². The van der Waals surface area contributed by atoms with Crippen molar-refractivity contribution >= 4 is 27.5 Å². The molecule has 1 heterocycles. The Labute approximate surface area is 144 Å². The van der Waals surface area contributed by atoms with E-state index in [4.69, 9.17) is 11.6 Å². The van der Waals surface area contributed by atoms with Gasteiger partial charge >= 0.3 is 0 Å². The molecule has 0 bridgehead atoms. The number of aryl methyl sites for hydroxylation is 1. The van der Waals surface area contributed by atoms with Crippen LogP contribution in [0.4, 0.5) is 0 Å².